The first kappa shape index (κ1) is 18.5. The molecule has 3 rings (SSSR count). The van der Waals surface area contributed by atoms with Gasteiger partial charge in [0.15, 0.2) is 16.6 Å². The number of rotatable bonds is 6. The fraction of sp³-hybridized carbons (Fsp3) is 0.474. The van der Waals surface area contributed by atoms with E-state index in [9.17, 15) is 4.79 Å². The Labute approximate surface area is 157 Å². The summed E-state index contributed by atoms with van der Waals surface area (Å²) in [7, 11) is 3.23. The molecule has 0 bridgehead atoms. The van der Waals surface area contributed by atoms with Crippen LogP contribution in [0.5, 0.6) is 11.5 Å². The summed E-state index contributed by atoms with van der Waals surface area (Å²) in [6.07, 6.45) is 6.48. The van der Waals surface area contributed by atoms with Crippen LogP contribution in [0.4, 0.5) is 9.93 Å². The van der Waals surface area contributed by atoms with Crippen LogP contribution in [-0.2, 0) is 19.3 Å². The van der Waals surface area contributed by atoms with E-state index in [1.807, 2.05) is 18.2 Å². The lowest BCUT2D eigenvalue weighted by molar-refractivity contribution is 0.252. The highest BCUT2D eigenvalue weighted by atomic mass is 32.1. The van der Waals surface area contributed by atoms with Crippen molar-refractivity contribution in [3.8, 4) is 11.5 Å². The third kappa shape index (κ3) is 4.66. The first-order valence-electron chi connectivity index (χ1n) is 8.94. The molecule has 140 valence electrons. The number of ether oxygens (including phenoxy) is 2. The second kappa shape index (κ2) is 8.89. The number of methoxy groups -OCH3 is 2. The molecule has 2 N–H and O–H groups in total. The molecule has 0 unspecified atom stereocenters. The molecule has 26 heavy (non-hydrogen) atoms. The number of amides is 2. The third-order valence-electron chi connectivity index (χ3n) is 4.46. The lowest BCUT2D eigenvalue weighted by atomic mass is 10.1. The van der Waals surface area contributed by atoms with Crippen LogP contribution in [-0.4, -0.2) is 31.8 Å². The van der Waals surface area contributed by atoms with Crippen molar-refractivity contribution in [1.29, 1.82) is 0 Å². The van der Waals surface area contributed by atoms with E-state index in [0.717, 1.165) is 24.1 Å². The number of urea groups is 1. The SMILES string of the molecule is COc1ccc(CCNC(=O)Nc2nc3c(s2)CCCCC3)cc1OC. The van der Waals surface area contributed by atoms with Crippen LogP contribution in [0.1, 0.15) is 35.4 Å². The van der Waals surface area contributed by atoms with Gasteiger partial charge in [0.2, 0.25) is 0 Å². The van der Waals surface area contributed by atoms with Crippen molar-refractivity contribution in [1.82, 2.24) is 10.3 Å². The van der Waals surface area contributed by atoms with Crippen molar-refractivity contribution in [2.45, 2.75) is 38.5 Å². The van der Waals surface area contributed by atoms with E-state index in [1.165, 1.54) is 24.1 Å². The number of hydrogen-bond acceptors (Lipinski definition) is 5. The Bertz CT molecular complexity index is 737. The maximum Gasteiger partial charge on any atom is 0.321 e. The van der Waals surface area contributed by atoms with Crippen LogP contribution in [0, 0.1) is 0 Å². The van der Waals surface area contributed by atoms with Gasteiger partial charge < -0.3 is 14.8 Å². The zero-order chi connectivity index (χ0) is 18.4. The van der Waals surface area contributed by atoms with Crippen molar-refractivity contribution in [2.24, 2.45) is 0 Å². The van der Waals surface area contributed by atoms with Crippen LogP contribution < -0.4 is 20.1 Å². The van der Waals surface area contributed by atoms with E-state index in [0.29, 0.717) is 29.6 Å². The Morgan fingerprint density at radius 2 is 1.96 bits per heavy atom. The summed E-state index contributed by atoms with van der Waals surface area (Å²) in [4.78, 5) is 18.0. The van der Waals surface area contributed by atoms with Gasteiger partial charge in [-0.05, 0) is 49.8 Å². The first-order valence-corrected chi connectivity index (χ1v) is 9.75. The Hall–Kier alpha value is -2.28. The molecule has 0 saturated heterocycles. The number of aromatic nitrogens is 1. The molecule has 0 radical (unpaired) electrons. The molecule has 1 aromatic carbocycles. The normalized spacial score (nSPS) is 13.5. The maximum absolute atomic E-state index is 12.1. The zero-order valence-electron chi connectivity index (χ0n) is 15.3. The van der Waals surface area contributed by atoms with Crippen LogP contribution in [0.25, 0.3) is 0 Å². The van der Waals surface area contributed by atoms with Gasteiger partial charge in [0.1, 0.15) is 0 Å². The minimum Gasteiger partial charge on any atom is -0.493 e. The minimum absolute atomic E-state index is 0.214. The molecule has 2 aromatic rings. The van der Waals surface area contributed by atoms with Crippen molar-refractivity contribution >= 4 is 22.5 Å². The molecule has 0 saturated carbocycles. The maximum atomic E-state index is 12.1. The van der Waals surface area contributed by atoms with Crippen molar-refractivity contribution in [2.75, 3.05) is 26.1 Å². The van der Waals surface area contributed by atoms with Crippen molar-refractivity contribution < 1.29 is 14.3 Å². The van der Waals surface area contributed by atoms with Crippen molar-refractivity contribution in [3.05, 3.63) is 34.3 Å². The molecule has 1 heterocycles. The van der Waals surface area contributed by atoms with Crippen LogP contribution >= 0.6 is 11.3 Å². The number of nitrogens with zero attached hydrogens (tertiary/aromatic N) is 1. The number of carbonyl (C=O) groups excluding carboxylic acids is 1. The monoisotopic (exact) mass is 375 g/mol. The average molecular weight is 375 g/mol. The molecule has 0 fully saturated rings. The zero-order valence-corrected chi connectivity index (χ0v) is 16.1. The smallest absolute Gasteiger partial charge is 0.321 e. The van der Waals surface area contributed by atoms with Crippen LogP contribution in [0.2, 0.25) is 0 Å². The molecular formula is C19H25N3O3S. The van der Waals surface area contributed by atoms with Gasteiger partial charge in [0.25, 0.3) is 0 Å². The lowest BCUT2D eigenvalue weighted by Crippen LogP contribution is -2.30. The molecule has 0 spiro atoms. The number of anilines is 1. The Kier molecular flexibility index (Phi) is 6.33. The molecule has 7 heteroatoms. The largest absolute Gasteiger partial charge is 0.493 e. The predicted octanol–water partition coefficient (Wildman–Crippen LogP) is 3.79. The quantitative estimate of drug-likeness (QED) is 0.754. The number of aryl methyl sites for hydroxylation is 2. The number of hydrogen-bond donors (Lipinski definition) is 2. The second-order valence-electron chi connectivity index (χ2n) is 6.27. The average Bonchev–Trinajstić information content (AvgIpc) is 2.89. The summed E-state index contributed by atoms with van der Waals surface area (Å²) in [6.45, 7) is 0.534. The van der Waals surface area contributed by atoms with E-state index in [-0.39, 0.29) is 6.03 Å². The molecule has 1 aliphatic rings. The first-order chi connectivity index (χ1) is 12.7. The highest BCUT2D eigenvalue weighted by Gasteiger charge is 2.15. The Balaban J connectivity index is 1.49. The summed E-state index contributed by atoms with van der Waals surface area (Å²) in [5.41, 5.74) is 2.23. The second-order valence-corrected chi connectivity index (χ2v) is 7.35. The third-order valence-corrected chi connectivity index (χ3v) is 5.54. The highest BCUT2D eigenvalue weighted by Crippen LogP contribution is 2.29. The topological polar surface area (TPSA) is 72.5 Å². The summed E-state index contributed by atoms with van der Waals surface area (Å²) >= 11 is 1.60. The van der Waals surface area contributed by atoms with E-state index in [2.05, 4.69) is 15.6 Å². The van der Waals surface area contributed by atoms with E-state index in [4.69, 9.17) is 9.47 Å². The van der Waals surface area contributed by atoms with E-state index >= 15 is 0 Å². The van der Waals surface area contributed by atoms with E-state index < -0.39 is 0 Å². The van der Waals surface area contributed by atoms with Gasteiger partial charge in [-0.1, -0.05) is 12.5 Å². The molecule has 6 nitrogen and oxygen atoms in total. The van der Waals surface area contributed by atoms with Gasteiger partial charge in [-0.15, -0.1) is 11.3 Å². The van der Waals surface area contributed by atoms with Crippen molar-refractivity contribution in [3.63, 3.8) is 0 Å². The van der Waals surface area contributed by atoms with Gasteiger partial charge >= 0.3 is 6.03 Å². The lowest BCUT2D eigenvalue weighted by Gasteiger charge is -2.10. The molecule has 1 aromatic heterocycles. The number of fused-ring (bicyclic) bond motifs is 1. The van der Waals surface area contributed by atoms with Gasteiger partial charge in [-0.25, -0.2) is 9.78 Å². The van der Waals surface area contributed by atoms with Gasteiger partial charge in [0.05, 0.1) is 19.9 Å². The molecule has 2 amide bonds. The predicted molar refractivity (Wildman–Crippen MR) is 104 cm³/mol. The number of thiazole rings is 1. The summed E-state index contributed by atoms with van der Waals surface area (Å²) in [5.74, 6) is 1.39. The van der Waals surface area contributed by atoms with E-state index in [1.54, 1.807) is 25.6 Å². The number of benzene rings is 1. The number of carbonyl (C=O) groups is 1. The minimum atomic E-state index is -0.214. The molecule has 0 aliphatic heterocycles. The number of nitrogens with one attached hydrogen (secondary N) is 2. The fourth-order valence-corrected chi connectivity index (χ4v) is 4.12. The summed E-state index contributed by atoms with van der Waals surface area (Å²) in [6, 6.07) is 5.56. The summed E-state index contributed by atoms with van der Waals surface area (Å²) in [5, 5.41) is 6.44. The summed E-state index contributed by atoms with van der Waals surface area (Å²) < 4.78 is 10.5. The fourth-order valence-electron chi connectivity index (χ4n) is 3.08. The Morgan fingerprint density at radius 1 is 1.15 bits per heavy atom. The molecular weight excluding hydrogens is 350 g/mol. The molecule has 1 aliphatic carbocycles. The molecule has 0 atom stereocenters. The Morgan fingerprint density at radius 3 is 2.77 bits per heavy atom. The van der Waals surface area contributed by atoms with Gasteiger partial charge in [-0.2, -0.15) is 0 Å². The highest BCUT2D eigenvalue weighted by molar-refractivity contribution is 7.15. The van der Waals surface area contributed by atoms with Gasteiger partial charge in [0, 0.05) is 11.4 Å². The standard InChI is InChI=1S/C19H25N3O3S/c1-24-15-9-8-13(12-16(15)25-2)10-11-20-18(23)22-19-21-14-6-4-3-5-7-17(14)26-19/h8-9,12H,3-7,10-11H2,1-2H3,(H2,20,21,22,23). The van der Waals surface area contributed by atoms with Crippen LogP contribution in [0.3, 0.4) is 0 Å². The van der Waals surface area contributed by atoms with Crippen LogP contribution in [0.15, 0.2) is 18.2 Å². The van der Waals surface area contributed by atoms with Gasteiger partial charge in [-0.3, -0.25) is 5.32 Å².